The standard InChI is InChI=1S/C12H19ClN2O3S/c1-9(2)18-6-5-15-19(16,17)11-4-3-10(8-14)12(13)7-11/h3-4,7,9,15H,5-6,8,14H2,1-2H3. The van der Waals surface area contributed by atoms with Crippen molar-refractivity contribution in [3.05, 3.63) is 28.8 Å². The van der Waals surface area contributed by atoms with Crippen molar-refractivity contribution in [3.63, 3.8) is 0 Å². The fraction of sp³-hybridized carbons (Fsp3) is 0.500. The number of sulfonamides is 1. The van der Waals surface area contributed by atoms with Crippen LogP contribution in [0.25, 0.3) is 0 Å². The zero-order valence-electron chi connectivity index (χ0n) is 11.0. The van der Waals surface area contributed by atoms with Gasteiger partial charge in [-0.3, -0.25) is 0 Å². The van der Waals surface area contributed by atoms with Crippen molar-refractivity contribution in [2.75, 3.05) is 13.2 Å². The Morgan fingerprint density at radius 2 is 2.11 bits per heavy atom. The highest BCUT2D eigenvalue weighted by molar-refractivity contribution is 7.89. The van der Waals surface area contributed by atoms with Crippen molar-refractivity contribution in [2.45, 2.75) is 31.4 Å². The molecule has 0 fully saturated rings. The van der Waals surface area contributed by atoms with E-state index in [1.54, 1.807) is 6.07 Å². The van der Waals surface area contributed by atoms with E-state index in [1.165, 1.54) is 12.1 Å². The number of benzene rings is 1. The van der Waals surface area contributed by atoms with Gasteiger partial charge in [0.25, 0.3) is 0 Å². The van der Waals surface area contributed by atoms with Crippen molar-refractivity contribution < 1.29 is 13.2 Å². The molecule has 3 N–H and O–H groups in total. The number of rotatable bonds is 7. The maximum Gasteiger partial charge on any atom is 0.240 e. The van der Waals surface area contributed by atoms with E-state index in [2.05, 4.69) is 4.72 Å². The summed E-state index contributed by atoms with van der Waals surface area (Å²) in [6.45, 7) is 4.59. The Hall–Kier alpha value is -0.660. The van der Waals surface area contributed by atoms with Gasteiger partial charge in [0.15, 0.2) is 0 Å². The lowest BCUT2D eigenvalue weighted by molar-refractivity contribution is 0.0834. The molecule has 1 aromatic rings. The second kappa shape index (κ2) is 7.21. The molecule has 1 rings (SSSR count). The molecule has 108 valence electrons. The zero-order valence-corrected chi connectivity index (χ0v) is 12.6. The molecular weight excluding hydrogens is 288 g/mol. The van der Waals surface area contributed by atoms with Gasteiger partial charge in [0.05, 0.1) is 17.6 Å². The smallest absolute Gasteiger partial charge is 0.240 e. The number of nitrogens with two attached hydrogens (primary N) is 1. The van der Waals surface area contributed by atoms with Crippen LogP contribution in [0.3, 0.4) is 0 Å². The summed E-state index contributed by atoms with van der Waals surface area (Å²) in [7, 11) is -3.56. The van der Waals surface area contributed by atoms with Gasteiger partial charge >= 0.3 is 0 Å². The first-order chi connectivity index (χ1) is 8.86. The highest BCUT2D eigenvalue weighted by Crippen LogP contribution is 2.20. The van der Waals surface area contributed by atoms with Crippen LogP contribution in [-0.4, -0.2) is 27.7 Å². The van der Waals surface area contributed by atoms with E-state index in [0.717, 1.165) is 0 Å². The third-order valence-electron chi connectivity index (χ3n) is 2.40. The second-order valence-corrected chi connectivity index (χ2v) is 6.45. The molecule has 0 heterocycles. The van der Waals surface area contributed by atoms with E-state index in [9.17, 15) is 8.42 Å². The van der Waals surface area contributed by atoms with Gasteiger partial charge in [-0.15, -0.1) is 0 Å². The zero-order chi connectivity index (χ0) is 14.5. The quantitative estimate of drug-likeness (QED) is 0.748. The molecule has 5 nitrogen and oxygen atoms in total. The summed E-state index contributed by atoms with van der Waals surface area (Å²) in [6.07, 6.45) is 0.0720. The summed E-state index contributed by atoms with van der Waals surface area (Å²) in [6, 6.07) is 4.50. The molecule has 0 saturated carbocycles. The van der Waals surface area contributed by atoms with Gasteiger partial charge in [0, 0.05) is 18.1 Å². The summed E-state index contributed by atoms with van der Waals surface area (Å²) in [5, 5.41) is 0.351. The average Bonchev–Trinajstić information content (AvgIpc) is 2.34. The van der Waals surface area contributed by atoms with Crippen molar-refractivity contribution in [2.24, 2.45) is 5.73 Å². The number of halogens is 1. The minimum Gasteiger partial charge on any atom is -0.377 e. The first-order valence-corrected chi connectivity index (χ1v) is 7.82. The summed E-state index contributed by atoms with van der Waals surface area (Å²) >= 11 is 5.94. The highest BCUT2D eigenvalue weighted by atomic mass is 35.5. The van der Waals surface area contributed by atoms with Crippen LogP contribution in [0.5, 0.6) is 0 Å². The highest BCUT2D eigenvalue weighted by Gasteiger charge is 2.14. The number of ether oxygens (including phenoxy) is 1. The maximum atomic E-state index is 12.0. The molecule has 0 atom stereocenters. The van der Waals surface area contributed by atoms with Gasteiger partial charge < -0.3 is 10.5 Å². The Morgan fingerprint density at radius 1 is 1.42 bits per heavy atom. The lowest BCUT2D eigenvalue weighted by atomic mass is 10.2. The van der Waals surface area contributed by atoms with Crippen molar-refractivity contribution in [1.29, 1.82) is 0 Å². The summed E-state index contributed by atoms with van der Waals surface area (Å²) in [5.74, 6) is 0. The molecule has 0 aliphatic carbocycles. The SMILES string of the molecule is CC(C)OCCNS(=O)(=O)c1ccc(CN)c(Cl)c1. The van der Waals surface area contributed by atoms with E-state index in [4.69, 9.17) is 22.1 Å². The normalized spacial score (nSPS) is 12.1. The molecular formula is C12H19ClN2O3S. The molecule has 0 radical (unpaired) electrons. The topological polar surface area (TPSA) is 81.4 Å². The van der Waals surface area contributed by atoms with Crippen LogP contribution in [0.4, 0.5) is 0 Å². The molecule has 19 heavy (non-hydrogen) atoms. The fourth-order valence-electron chi connectivity index (χ4n) is 1.41. The lowest BCUT2D eigenvalue weighted by Crippen LogP contribution is -2.28. The molecule has 0 unspecified atom stereocenters. The van der Waals surface area contributed by atoms with Crippen LogP contribution in [-0.2, 0) is 21.3 Å². The summed E-state index contributed by atoms with van der Waals surface area (Å²) < 4.78 is 31.7. The summed E-state index contributed by atoms with van der Waals surface area (Å²) in [5.41, 5.74) is 6.18. The van der Waals surface area contributed by atoms with Gasteiger partial charge in [-0.1, -0.05) is 17.7 Å². The Labute approximate surface area is 119 Å². The van der Waals surface area contributed by atoms with Crippen molar-refractivity contribution in [1.82, 2.24) is 4.72 Å². The van der Waals surface area contributed by atoms with E-state index >= 15 is 0 Å². The third kappa shape index (κ3) is 5.08. The largest absolute Gasteiger partial charge is 0.377 e. The first kappa shape index (κ1) is 16.4. The molecule has 0 saturated heterocycles. The molecule has 0 amide bonds. The lowest BCUT2D eigenvalue weighted by Gasteiger charge is -2.10. The minimum absolute atomic E-state index is 0.0720. The molecule has 7 heteroatoms. The predicted octanol–water partition coefficient (Wildman–Crippen LogP) is 1.50. The van der Waals surface area contributed by atoms with Crippen LogP contribution in [0.2, 0.25) is 5.02 Å². The van der Waals surface area contributed by atoms with E-state index in [0.29, 0.717) is 17.2 Å². The molecule has 0 spiro atoms. The van der Waals surface area contributed by atoms with Crippen molar-refractivity contribution >= 4 is 21.6 Å². The first-order valence-electron chi connectivity index (χ1n) is 5.96. The minimum atomic E-state index is -3.56. The number of hydrogen-bond acceptors (Lipinski definition) is 4. The van der Waals surface area contributed by atoms with Crippen LogP contribution < -0.4 is 10.5 Å². The summed E-state index contributed by atoms with van der Waals surface area (Å²) in [4.78, 5) is 0.124. The van der Waals surface area contributed by atoms with Crippen LogP contribution >= 0.6 is 11.6 Å². The maximum absolute atomic E-state index is 12.0. The Kier molecular flexibility index (Phi) is 6.22. The van der Waals surface area contributed by atoms with Gasteiger partial charge in [-0.05, 0) is 31.5 Å². The number of nitrogens with one attached hydrogen (secondary N) is 1. The molecule has 0 aliphatic heterocycles. The van der Waals surface area contributed by atoms with Gasteiger partial charge in [-0.25, -0.2) is 13.1 Å². The molecule has 0 bridgehead atoms. The van der Waals surface area contributed by atoms with Gasteiger partial charge in [0.1, 0.15) is 0 Å². The van der Waals surface area contributed by atoms with Gasteiger partial charge in [0.2, 0.25) is 10.0 Å². The van der Waals surface area contributed by atoms with Crippen LogP contribution in [0, 0.1) is 0 Å². The number of hydrogen-bond donors (Lipinski definition) is 2. The Bertz CT molecular complexity index is 518. The van der Waals surface area contributed by atoms with Crippen LogP contribution in [0.15, 0.2) is 23.1 Å². The predicted molar refractivity (Wildman–Crippen MR) is 75.6 cm³/mol. The van der Waals surface area contributed by atoms with Gasteiger partial charge in [-0.2, -0.15) is 0 Å². The fourth-order valence-corrected chi connectivity index (χ4v) is 2.78. The van der Waals surface area contributed by atoms with E-state index in [-0.39, 0.29) is 24.1 Å². The third-order valence-corrected chi connectivity index (χ3v) is 4.21. The monoisotopic (exact) mass is 306 g/mol. The molecule has 1 aromatic carbocycles. The van der Waals surface area contributed by atoms with E-state index in [1.807, 2.05) is 13.8 Å². The van der Waals surface area contributed by atoms with Crippen LogP contribution in [0.1, 0.15) is 19.4 Å². The average molecular weight is 307 g/mol. The van der Waals surface area contributed by atoms with Crippen molar-refractivity contribution in [3.8, 4) is 0 Å². The molecule has 0 aliphatic rings. The molecule has 0 aromatic heterocycles. The Morgan fingerprint density at radius 3 is 2.63 bits per heavy atom. The second-order valence-electron chi connectivity index (χ2n) is 4.27. The Balaban J connectivity index is 2.69. The van der Waals surface area contributed by atoms with E-state index < -0.39 is 10.0 Å².